The number of nitrogens with one attached hydrogen (secondary N) is 9. The number of nitrogens with two attached hydrogens (primary N) is 3. The SMILES string of the molecule is CCNC(=O)[C@@H]1CCCN1C(=O)[C@H](CCCN=C(N)N)NC(=O)[C@H](CC(C)C)NC(=O)[C@@H](C)NC(=O)[C@H](Cc1ccc(O)cc1)NC(=O)[C@H](CO)NC(=O)[C@H](Cc1c[nH]c2ccccc12)NC(=O)[C@@H](N)Cc1cn(C(=O)[C@@H]2CCC(=O)N2)cn1. The molecule has 2 saturated heterocycles. The number of aliphatic hydroxyl groups excluding tert-OH is 1. The van der Waals surface area contributed by atoms with Crippen LogP contribution in [0.3, 0.4) is 0 Å². The van der Waals surface area contributed by atoms with E-state index in [9.17, 15) is 58.2 Å². The first-order valence-corrected chi connectivity index (χ1v) is 28.1. The lowest BCUT2D eigenvalue weighted by Crippen LogP contribution is -2.61. The van der Waals surface area contributed by atoms with E-state index >= 15 is 0 Å². The van der Waals surface area contributed by atoms with Crippen molar-refractivity contribution < 1.29 is 58.2 Å². The number of nitrogens with zero attached hydrogens (tertiary/aromatic N) is 4. The average molecular weight is 1170 g/mol. The molecule has 0 unspecified atom stereocenters. The van der Waals surface area contributed by atoms with Gasteiger partial charge in [-0.3, -0.25) is 57.5 Å². The second kappa shape index (κ2) is 30.4. The predicted octanol–water partition coefficient (Wildman–Crippen LogP) is -2.51. The number of para-hydroxylation sites is 1. The summed E-state index contributed by atoms with van der Waals surface area (Å²) in [7, 11) is 0. The number of carbonyl (C=O) groups is 10. The molecule has 0 bridgehead atoms. The first-order chi connectivity index (χ1) is 40.0. The highest BCUT2D eigenvalue weighted by Crippen LogP contribution is 2.22. The van der Waals surface area contributed by atoms with Gasteiger partial charge in [-0.05, 0) is 87.6 Å². The van der Waals surface area contributed by atoms with Crippen molar-refractivity contribution in [1.82, 2.24) is 62.0 Å². The van der Waals surface area contributed by atoms with Crippen LogP contribution in [0.1, 0.15) is 94.3 Å². The molecule has 9 atom stereocenters. The molecule has 28 heteroatoms. The fraction of sp³-hybridized carbons (Fsp3) is 0.500. The first kappa shape index (κ1) is 64.3. The minimum absolute atomic E-state index is 0.0896. The number of guanidine groups is 1. The number of carbonyl (C=O) groups excluding carboxylic acids is 10. The van der Waals surface area contributed by atoms with Crippen LogP contribution in [-0.2, 0) is 62.4 Å². The van der Waals surface area contributed by atoms with Crippen LogP contribution in [0.25, 0.3) is 10.9 Å². The normalized spacial score (nSPS) is 17.3. The Labute approximate surface area is 485 Å². The number of phenols is 1. The highest BCUT2D eigenvalue weighted by Gasteiger charge is 2.39. The summed E-state index contributed by atoms with van der Waals surface area (Å²) in [6.07, 6.45) is 5.75. The third kappa shape index (κ3) is 18.0. The number of likely N-dealkylation sites (tertiary alicyclic amines) is 1. The molecule has 0 spiro atoms. The number of H-pyrrole nitrogens is 1. The number of benzene rings is 2. The number of aromatic nitrogens is 3. The van der Waals surface area contributed by atoms with Crippen LogP contribution < -0.4 is 59.7 Å². The number of likely N-dealkylation sites (N-methyl/N-ethyl adjacent to an activating group) is 1. The number of aromatic hydroxyl groups is 1. The maximum atomic E-state index is 14.3. The van der Waals surface area contributed by atoms with Crippen molar-refractivity contribution in [3.05, 3.63) is 84.1 Å². The van der Waals surface area contributed by atoms with E-state index in [0.717, 1.165) is 10.9 Å². The topological polar surface area (TPSA) is 435 Å². The summed E-state index contributed by atoms with van der Waals surface area (Å²) in [6.45, 7) is 6.54. The Morgan fingerprint density at radius 3 is 2.11 bits per heavy atom. The van der Waals surface area contributed by atoms with Crippen molar-refractivity contribution in [1.29, 1.82) is 0 Å². The van der Waals surface area contributed by atoms with Gasteiger partial charge in [0.05, 0.1) is 18.3 Å². The van der Waals surface area contributed by atoms with Gasteiger partial charge in [0.1, 0.15) is 60.4 Å². The number of fused-ring (bicyclic) bond motifs is 1. The van der Waals surface area contributed by atoms with E-state index < -0.39 is 108 Å². The highest BCUT2D eigenvalue weighted by molar-refractivity contribution is 5.98. The van der Waals surface area contributed by atoms with Gasteiger partial charge in [0.25, 0.3) is 5.91 Å². The number of phenolic OH excluding ortho intramolecular Hbond substituents is 1. The second-order valence-corrected chi connectivity index (χ2v) is 21.4. The second-order valence-electron chi connectivity index (χ2n) is 21.4. The summed E-state index contributed by atoms with van der Waals surface area (Å²) < 4.78 is 1.19. The number of imidazole rings is 1. The molecule has 6 rings (SSSR count). The quantitative estimate of drug-likeness (QED) is 0.0152. The number of rotatable bonds is 29. The van der Waals surface area contributed by atoms with Crippen LogP contribution in [0.4, 0.5) is 0 Å². The number of amides is 9. The van der Waals surface area contributed by atoms with Crippen LogP contribution in [0.2, 0.25) is 0 Å². The maximum absolute atomic E-state index is 14.3. The zero-order valence-corrected chi connectivity index (χ0v) is 47.5. The molecular weight excluding hydrogens is 1090 g/mol. The lowest BCUT2D eigenvalue weighted by molar-refractivity contribution is -0.142. The summed E-state index contributed by atoms with van der Waals surface area (Å²) in [5.74, 6) is -7.08. The van der Waals surface area contributed by atoms with E-state index in [4.69, 9.17) is 17.2 Å². The number of aliphatic imine (C=N–C) groups is 1. The van der Waals surface area contributed by atoms with Crippen molar-refractivity contribution in [2.75, 3.05) is 26.2 Å². The summed E-state index contributed by atoms with van der Waals surface area (Å²) in [6, 6.07) is 1.78. The molecule has 28 nitrogen and oxygen atoms in total. The number of hydrogen-bond donors (Lipinski definition) is 14. The molecule has 2 aromatic carbocycles. The highest BCUT2D eigenvalue weighted by atomic mass is 16.3. The smallest absolute Gasteiger partial charge is 0.254 e. The van der Waals surface area contributed by atoms with Gasteiger partial charge in [0.2, 0.25) is 53.2 Å². The summed E-state index contributed by atoms with van der Waals surface area (Å²) in [5, 5.41) is 42.5. The van der Waals surface area contributed by atoms with Crippen molar-refractivity contribution >= 4 is 75.9 Å². The van der Waals surface area contributed by atoms with Crippen molar-refractivity contribution in [2.24, 2.45) is 28.1 Å². The molecule has 84 heavy (non-hydrogen) atoms. The summed E-state index contributed by atoms with van der Waals surface area (Å²) >= 11 is 0. The van der Waals surface area contributed by atoms with E-state index in [1.54, 1.807) is 31.3 Å². The molecule has 2 aromatic heterocycles. The molecule has 2 aliphatic heterocycles. The van der Waals surface area contributed by atoms with Gasteiger partial charge in [0.15, 0.2) is 5.96 Å². The van der Waals surface area contributed by atoms with E-state index in [1.165, 1.54) is 53.2 Å². The summed E-state index contributed by atoms with van der Waals surface area (Å²) in [5.41, 5.74) is 19.4. The van der Waals surface area contributed by atoms with Crippen molar-refractivity contribution in [2.45, 2.75) is 146 Å². The van der Waals surface area contributed by atoms with Gasteiger partial charge in [-0.1, -0.05) is 44.2 Å². The van der Waals surface area contributed by atoms with Crippen LogP contribution in [0.5, 0.6) is 5.75 Å². The maximum Gasteiger partial charge on any atom is 0.254 e. The Kier molecular flexibility index (Phi) is 23.3. The van der Waals surface area contributed by atoms with Crippen molar-refractivity contribution in [3.63, 3.8) is 0 Å². The average Bonchev–Trinajstić information content (AvgIpc) is 4.03. The van der Waals surface area contributed by atoms with Gasteiger partial charge in [-0.25, -0.2) is 4.98 Å². The largest absolute Gasteiger partial charge is 0.508 e. The molecule has 0 aliphatic carbocycles. The van der Waals surface area contributed by atoms with Crippen molar-refractivity contribution in [3.8, 4) is 5.75 Å². The monoisotopic (exact) mass is 1170 g/mol. The van der Waals surface area contributed by atoms with Gasteiger partial charge >= 0.3 is 0 Å². The Hall–Kier alpha value is -8.92. The fourth-order valence-corrected chi connectivity index (χ4v) is 9.92. The molecule has 4 heterocycles. The molecule has 9 amide bonds. The van der Waals surface area contributed by atoms with E-state index in [0.29, 0.717) is 36.9 Å². The Bertz CT molecular complexity index is 3030. The minimum Gasteiger partial charge on any atom is -0.508 e. The van der Waals surface area contributed by atoms with Gasteiger partial charge in [-0.2, -0.15) is 0 Å². The van der Waals surface area contributed by atoms with E-state index in [2.05, 4.69) is 57.5 Å². The molecule has 454 valence electrons. The Morgan fingerprint density at radius 1 is 0.786 bits per heavy atom. The van der Waals surface area contributed by atoms with Crippen LogP contribution >= 0.6 is 0 Å². The predicted molar refractivity (Wildman–Crippen MR) is 307 cm³/mol. The number of aliphatic hydroxyl groups is 1. The lowest BCUT2D eigenvalue weighted by atomic mass is 10.0. The third-order valence-corrected chi connectivity index (χ3v) is 14.3. The zero-order chi connectivity index (χ0) is 61.2. The van der Waals surface area contributed by atoms with Crippen LogP contribution in [-0.4, -0.2) is 175 Å². The molecule has 17 N–H and O–H groups in total. The number of hydrogen-bond acceptors (Lipinski definition) is 15. The van der Waals surface area contributed by atoms with Gasteiger partial charge < -0.3 is 79.8 Å². The molecule has 0 radical (unpaired) electrons. The number of aromatic amines is 1. The molecule has 2 aliphatic rings. The lowest BCUT2D eigenvalue weighted by Gasteiger charge is -2.30. The van der Waals surface area contributed by atoms with Crippen LogP contribution in [0.15, 0.2) is 72.2 Å². The van der Waals surface area contributed by atoms with Gasteiger partial charge in [0, 0.05) is 68.6 Å². The third-order valence-electron chi connectivity index (χ3n) is 14.3. The standard InChI is InChI=1S/C56H78N16O12/c1-5-60-53(82)45-13-9-21-72(45)55(84)39(12-8-20-61-56(58)59)66-50(79)41(22-30(2)3)67-47(76)31(4)64-49(78)42(23-32-14-16-35(74)17-15-32)69-52(81)44(28-73)70-51(80)43(24-33-26-62-38-11-7-6-10-36(33)38)68-48(77)37(57)25-34-27-71(29-63-34)54(83)40-18-19-46(75)65-40/h6-7,10-11,14-17,26-27,29-31,37,39-45,62,73-74H,5,8-9,12-13,18-25,28,57H2,1-4H3,(H,60,82)(H,64,78)(H,65,75)(H,66,79)(H,67,76)(H,68,77)(H,69,81)(H,70,80)(H4,58,59,61)/t31-,37+,39+,40+,41+,42+,43+,44+,45+/m1/s1. The molecule has 0 saturated carbocycles. The minimum atomic E-state index is -1.72. The van der Waals surface area contributed by atoms with E-state index in [-0.39, 0.29) is 93.2 Å². The van der Waals surface area contributed by atoms with E-state index in [1.807, 2.05) is 19.9 Å². The molecule has 2 fully saturated rings. The summed E-state index contributed by atoms with van der Waals surface area (Å²) in [4.78, 5) is 149. The first-order valence-electron chi connectivity index (χ1n) is 28.1. The molecule has 4 aromatic rings. The zero-order valence-electron chi connectivity index (χ0n) is 47.5. The molecular formula is C56H78N16O12. The Morgan fingerprint density at radius 2 is 1.43 bits per heavy atom. The van der Waals surface area contributed by atoms with Crippen LogP contribution in [0, 0.1) is 5.92 Å². The Balaban J connectivity index is 1.15. The fourth-order valence-electron chi connectivity index (χ4n) is 9.92. The van der Waals surface area contributed by atoms with Gasteiger partial charge in [-0.15, -0.1) is 0 Å².